The second kappa shape index (κ2) is 53.6. The van der Waals surface area contributed by atoms with Gasteiger partial charge in [-0.25, -0.2) is 9.59 Å². The van der Waals surface area contributed by atoms with Crippen molar-refractivity contribution in [3.63, 3.8) is 0 Å². The minimum Gasteiger partial charge on any atom is -0.448 e. The lowest BCUT2D eigenvalue weighted by atomic mass is 9.94. The van der Waals surface area contributed by atoms with Gasteiger partial charge in [-0.15, -0.1) is 23.5 Å². The number of thioether (sulfide) groups is 2. The van der Waals surface area contributed by atoms with Crippen molar-refractivity contribution in [2.45, 2.75) is 206 Å². The number of aliphatic hydroxyl groups excluding tert-OH is 6. The minimum absolute atomic E-state index is 0.000640. The highest BCUT2D eigenvalue weighted by Crippen LogP contribution is 2.45. The Hall–Kier alpha value is -11.4. The molecule has 3 aromatic rings. The van der Waals surface area contributed by atoms with Crippen molar-refractivity contribution in [3.05, 3.63) is 83.9 Å². The molecule has 134 heavy (non-hydrogen) atoms. The van der Waals surface area contributed by atoms with Crippen molar-refractivity contribution >= 4 is 152 Å². The number of hydrogen-bond acceptors (Lipinski definition) is 33. The minimum atomic E-state index is -2.23. The Morgan fingerprint density at radius 2 is 1.17 bits per heavy atom. The molecule has 52 heteroatoms. The Morgan fingerprint density at radius 3 is 1.79 bits per heavy atom. The molecule has 0 radical (unpaired) electrons. The number of benzene rings is 3. The van der Waals surface area contributed by atoms with E-state index in [9.17, 15) is 107 Å². The fraction of sp³-hybridized carbons (Fsp3) is 0.561. The fourth-order valence-electron chi connectivity index (χ4n) is 15.0. The van der Waals surface area contributed by atoms with E-state index in [1.807, 2.05) is 55.5 Å². The van der Waals surface area contributed by atoms with E-state index < -0.39 is 261 Å². The number of nitrogens with zero attached hydrogens (tertiary/aromatic N) is 2. The van der Waals surface area contributed by atoms with Gasteiger partial charge >= 0.3 is 12.1 Å². The van der Waals surface area contributed by atoms with Crippen LogP contribution >= 0.6 is 45.1 Å². The van der Waals surface area contributed by atoms with E-state index >= 15 is 0 Å². The van der Waals surface area contributed by atoms with Gasteiger partial charge in [0.05, 0.1) is 56.0 Å². The maximum absolute atomic E-state index is 14.9. The number of amides is 15. The molecule has 4 aliphatic heterocycles. The van der Waals surface area contributed by atoms with Gasteiger partial charge in [0.2, 0.25) is 82.7 Å². The molecule has 1 aliphatic carbocycles. The number of carbonyl (C=O) groups excluding carboxylic acids is 16. The number of esters is 1. The molecule has 4 heterocycles. The van der Waals surface area contributed by atoms with E-state index in [1.54, 1.807) is 18.2 Å². The highest BCUT2D eigenvalue weighted by Gasteiger charge is 2.53. The van der Waals surface area contributed by atoms with Crippen LogP contribution in [-0.4, -0.2) is 345 Å². The molecule has 4 fully saturated rings. The Morgan fingerprint density at radius 1 is 0.582 bits per heavy atom. The van der Waals surface area contributed by atoms with Crippen LogP contribution < -0.4 is 96.4 Å². The molecule has 3 aromatic carbocycles. The lowest BCUT2D eigenvalue weighted by molar-refractivity contribution is -0.315. The normalized spacial score (nSPS) is 21.9. The average Bonchev–Trinajstić information content (AvgIpc) is 1.56. The predicted molar refractivity (Wildman–Crippen MR) is 484 cm³/mol. The summed E-state index contributed by atoms with van der Waals surface area (Å²) >= 11 is 2.07. The molecule has 736 valence electrons. The topological polar surface area (TPSA) is 741 Å². The van der Waals surface area contributed by atoms with Gasteiger partial charge in [0.1, 0.15) is 109 Å². The SMILES string of the molecule is CCSSc1ccccc1OC(=O)[C@H](CCC(N)=O)NC(=O)CNC(=O)[C@@H]1CCCN1C(=O)[C@H](CCCNC(=N)N)NC(=O)[C@H](CSCNC(C)=O)NC(=O)[C@H](CO)NC(=O)[C@H](CC(=O)N[C@@H]1O[C@H](CO)[C@@H](O[C@@H]2O[C@H](CO)[C@@H](O)[C@H](O)[C@H]2NC(C)=O)[C@H](O)[C@H]1NC(C)=O)NC(=O)CNC(=O)[C@H](CCCNC(=N)N)NC(=O)[C@@H]1CSCN1C(=O)OCC1c2ccccc2-c2ccccc21. The summed E-state index contributed by atoms with van der Waals surface area (Å²) in [5.74, 6) is -15.9. The maximum Gasteiger partial charge on any atom is 0.411 e. The van der Waals surface area contributed by atoms with Crippen LogP contribution in [0.3, 0.4) is 0 Å². The van der Waals surface area contributed by atoms with Gasteiger partial charge in [0.25, 0.3) is 0 Å². The Bertz CT molecular complexity index is 4630. The van der Waals surface area contributed by atoms with Gasteiger partial charge in [-0.05, 0) is 79.3 Å². The van der Waals surface area contributed by atoms with Crippen LogP contribution in [0.25, 0.3) is 11.1 Å². The largest absolute Gasteiger partial charge is 0.448 e. The number of nitrogens with two attached hydrogens (primary N) is 3. The molecular formula is C82H117N21O27S4. The molecule has 0 bridgehead atoms. The van der Waals surface area contributed by atoms with E-state index in [4.69, 9.17) is 51.7 Å². The van der Waals surface area contributed by atoms with E-state index in [2.05, 4.69) is 74.4 Å². The van der Waals surface area contributed by atoms with Gasteiger partial charge in [0.15, 0.2) is 24.4 Å². The number of hydrogen-bond donors (Lipinski definition) is 25. The van der Waals surface area contributed by atoms with Crippen LogP contribution in [0.1, 0.15) is 103 Å². The summed E-state index contributed by atoms with van der Waals surface area (Å²) in [6, 6.07) is 5.31. The number of likely N-dealkylation sites (tertiary alicyclic amines) is 1. The number of aliphatic hydroxyl groups is 6. The van der Waals surface area contributed by atoms with Gasteiger partial charge in [-0.2, -0.15) is 0 Å². The van der Waals surface area contributed by atoms with Crippen molar-refractivity contribution in [1.29, 1.82) is 10.8 Å². The zero-order valence-electron chi connectivity index (χ0n) is 73.7. The van der Waals surface area contributed by atoms with Gasteiger partial charge in [-0.1, -0.05) is 89.2 Å². The summed E-state index contributed by atoms with van der Waals surface area (Å²) in [6.07, 6.45) is -17.6. The summed E-state index contributed by atoms with van der Waals surface area (Å²) in [6.45, 7) is -0.254. The van der Waals surface area contributed by atoms with Crippen molar-refractivity contribution in [1.82, 2.24) is 84.2 Å². The van der Waals surface area contributed by atoms with Crippen LogP contribution in [0.15, 0.2) is 77.7 Å². The number of carbonyl (C=O) groups is 16. The molecule has 18 atom stereocenters. The van der Waals surface area contributed by atoms with Crippen molar-refractivity contribution < 1.29 is 131 Å². The number of primary amides is 1. The summed E-state index contributed by atoms with van der Waals surface area (Å²) in [5, 5.41) is 115. The maximum atomic E-state index is 14.9. The van der Waals surface area contributed by atoms with E-state index in [-0.39, 0.29) is 107 Å². The number of para-hydroxylation sites is 1. The number of guanidine groups is 2. The van der Waals surface area contributed by atoms with Crippen molar-refractivity contribution in [2.75, 3.05) is 88.2 Å². The summed E-state index contributed by atoms with van der Waals surface area (Å²) in [5.41, 5.74) is 20.3. The first-order chi connectivity index (χ1) is 63.9. The van der Waals surface area contributed by atoms with Crippen LogP contribution in [0.2, 0.25) is 0 Å². The summed E-state index contributed by atoms with van der Waals surface area (Å²) in [7, 11) is 2.81. The highest BCUT2D eigenvalue weighted by atomic mass is 33.1. The second-order valence-corrected chi connectivity index (χ2v) is 36.1. The number of ether oxygens (including phenoxy) is 5. The zero-order valence-corrected chi connectivity index (χ0v) is 76.9. The van der Waals surface area contributed by atoms with Crippen molar-refractivity contribution in [2.24, 2.45) is 17.2 Å². The van der Waals surface area contributed by atoms with Crippen LogP contribution in [-0.2, 0) is 90.9 Å². The lowest BCUT2D eigenvalue weighted by Gasteiger charge is -2.48. The second-order valence-electron chi connectivity index (χ2n) is 31.5. The monoisotopic (exact) mass is 1960 g/mol. The number of fused-ring (bicyclic) bond motifs is 3. The smallest absolute Gasteiger partial charge is 0.411 e. The quantitative estimate of drug-likeness (QED) is 0.00475. The molecule has 0 unspecified atom stereocenters. The van der Waals surface area contributed by atoms with Gasteiger partial charge in [0, 0.05) is 70.0 Å². The molecule has 28 N–H and O–H groups in total. The third-order valence-electron chi connectivity index (χ3n) is 21.6. The van der Waals surface area contributed by atoms with Gasteiger partial charge < -0.3 is 151 Å². The van der Waals surface area contributed by atoms with Crippen LogP contribution in [0.4, 0.5) is 4.79 Å². The standard InChI is InChI=1S/C82H117N21O27S4/c1-5-133-134-59-23-11-10-22-56(59)128-78(124)50(24-25-60(83)110)95-62(112)31-91-74(121)54-21-14-28-102(54)77(123)49(20-13-27-89-81(86)87)98-73(120)53(36-131-38-92-40(2)107)100-72(119)52(32-104)99-71(118)51(29-61(111)101-76-64(93-41(3)108)68(116)69(58(34-106)127-76)130-79-65(94-42(4)109)67(115)66(114)57(33-105)129-79)96-63(113)30-90-70(117)48(19-12-26-88-80(84)85)97-75(122)55-37-132-39-103(55)82(125)126-35-47-45-17-8-6-15-43(45)44-16-7-9-18-46(44)47/h6-11,15-18,22-23,47-55,57-58,64-69,76,79,104-106,114-116H,5,12-14,19-21,24-39H2,1-4H3,(H2,83,110)(H,90,117)(H,91,121)(H,92,107)(H,93,108)(H,94,109)(H,95,112)(H,96,113)(H,97,122)(H,98,120)(H,99,118)(H,100,119)(H,101,111)(H4,84,85,88)(H4,86,87,89)/t48-,49-,50-,51-,52-,53-,54-,55-,57+,58+,64+,65+,66+,67+,68+,69+,76+,79-/m0/s1. The van der Waals surface area contributed by atoms with E-state index in [1.165, 1.54) is 51.2 Å². The van der Waals surface area contributed by atoms with E-state index in [0.29, 0.717) is 4.90 Å². The molecule has 0 aromatic heterocycles. The Labute approximate surface area is 785 Å². The molecular weight excluding hydrogens is 1840 g/mol. The molecule has 4 saturated heterocycles. The molecule has 48 nitrogen and oxygen atoms in total. The third kappa shape index (κ3) is 31.9. The Kier molecular flexibility index (Phi) is 43.2. The first kappa shape index (κ1) is 108. The number of nitrogens with one attached hydrogen (secondary N) is 16. The first-order valence-electron chi connectivity index (χ1n) is 42.8. The molecule has 5 aliphatic rings. The third-order valence-corrected chi connectivity index (χ3v) is 26.0. The molecule has 0 spiro atoms. The molecule has 8 rings (SSSR count). The highest BCUT2D eigenvalue weighted by molar-refractivity contribution is 8.76. The summed E-state index contributed by atoms with van der Waals surface area (Å²) < 4.78 is 29.2. The average molecular weight is 1960 g/mol. The van der Waals surface area contributed by atoms with E-state index in [0.717, 1.165) is 58.5 Å². The molecule has 0 saturated carbocycles. The predicted octanol–water partition coefficient (Wildman–Crippen LogP) is -7.16. The Balaban J connectivity index is 1.01. The van der Waals surface area contributed by atoms with Crippen molar-refractivity contribution in [3.8, 4) is 16.9 Å². The first-order valence-corrected chi connectivity index (χ1v) is 47.5. The van der Waals surface area contributed by atoms with Crippen LogP contribution in [0, 0.1) is 10.8 Å². The summed E-state index contributed by atoms with van der Waals surface area (Å²) in [4.78, 5) is 225. The zero-order chi connectivity index (χ0) is 98.0. The van der Waals surface area contributed by atoms with Gasteiger partial charge in [-0.3, -0.25) is 82.8 Å². The number of rotatable bonds is 49. The molecule has 15 amide bonds. The van der Waals surface area contributed by atoms with Crippen LogP contribution in [0.5, 0.6) is 5.75 Å². The fourth-order valence-corrected chi connectivity index (χ4v) is 18.8. The lowest BCUT2D eigenvalue weighted by Crippen LogP contribution is -2.71.